The highest BCUT2D eigenvalue weighted by molar-refractivity contribution is 5.93. The Hall–Kier alpha value is -2.36. The van der Waals surface area contributed by atoms with Crippen molar-refractivity contribution in [3.8, 4) is 5.75 Å². The summed E-state index contributed by atoms with van der Waals surface area (Å²) in [5.41, 5.74) is 7.54. The molecule has 1 amide bonds. The average molecular weight is 242 g/mol. The molecule has 0 aliphatic heterocycles. The zero-order valence-corrected chi connectivity index (χ0v) is 9.84. The van der Waals surface area contributed by atoms with Crippen LogP contribution in [0.5, 0.6) is 5.75 Å². The minimum atomic E-state index is -0.455. The fourth-order valence-electron chi connectivity index (χ4n) is 1.79. The van der Waals surface area contributed by atoms with Gasteiger partial charge in [-0.15, -0.1) is 0 Å². The summed E-state index contributed by atoms with van der Waals surface area (Å²) in [6.07, 6.45) is 3.04. The van der Waals surface area contributed by atoms with E-state index < -0.39 is 5.91 Å². The normalized spacial score (nSPS) is 10.2. The quantitative estimate of drug-likeness (QED) is 0.856. The van der Waals surface area contributed by atoms with E-state index in [1.165, 1.54) is 0 Å². The molecule has 0 spiro atoms. The third kappa shape index (κ3) is 2.85. The number of amides is 1. The maximum atomic E-state index is 11.2. The lowest BCUT2D eigenvalue weighted by molar-refractivity contribution is 0.0999. The number of hydrogen-bond donors (Lipinski definition) is 2. The molecule has 0 aliphatic rings. The monoisotopic (exact) mass is 242 g/mol. The highest BCUT2D eigenvalue weighted by atomic mass is 16.3. The zero-order valence-electron chi connectivity index (χ0n) is 9.84. The lowest BCUT2D eigenvalue weighted by Gasteiger charge is -2.05. The predicted octanol–water partition coefficient (Wildman–Crippen LogP) is 1.67. The van der Waals surface area contributed by atoms with E-state index in [2.05, 4.69) is 4.98 Å². The molecule has 2 aromatic rings. The Morgan fingerprint density at radius 3 is 2.56 bits per heavy atom. The SMILES string of the molecule is NC(=O)c1cccnc1CCc1ccc(O)cc1. The number of primary amides is 1. The van der Waals surface area contributed by atoms with Crippen LogP contribution in [0.2, 0.25) is 0 Å². The summed E-state index contributed by atoms with van der Waals surface area (Å²) >= 11 is 0. The molecule has 0 atom stereocenters. The molecular formula is C14H14N2O2. The zero-order chi connectivity index (χ0) is 13.0. The first-order chi connectivity index (χ1) is 8.66. The molecule has 92 valence electrons. The highest BCUT2D eigenvalue weighted by Crippen LogP contribution is 2.13. The van der Waals surface area contributed by atoms with Crippen molar-refractivity contribution in [2.75, 3.05) is 0 Å². The number of nitrogens with two attached hydrogens (primary N) is 1. The van der Waals surface area contributed by atoms with Crippen molar-refractivity contribution in [3.63, 3.8) is 0 Å². The van der Waals surface area contributed by atoms with Crippen LogP contribution in [0.1, 0.15) is 21.6 Å². The van der Waals surface area contributed by atoms with Gasteiger partial charge in [0, 0.05) is 6.20 Å². The summed E-state index contributed by atoms with van der Waals surface area (Å²) in [5.74, 6) is -0.210. The largest absolute Gasteiger partial charge is 0.508 e. The number of hydrogen-bond acceptors (Lipinski definition) is 3. The number of aryl methyl sites for hydroxylation is 2. The molecular weight excluding hydrogens is 228 g/mol. The topological polar surface area (TPSA) is 76.2 Å². The highest BCUT2D eigenvalue weighted by Gasteiger charge is 2.08. The van der Waals surface area contributed by atoms with Crippen LogP contribution in [-0.4, -0.2) is 16.0 Å². The van der Waals surface area contributed by atoms with Crippen molar-refractivity contribution >= 4 is 5.91 Å². The number of carbonyl (C=O) groups excluding carboxylic acids is 1. The van der Waals surface area contributed by atoms with Crippen LogP contribution in [0.4, 0.5) is 0 Å². The molecule has 3 N–H and O–H groups in total. The van der Waals surface area contributed by atoms with Gasteiger partial charge in [-0.2, -0.15) is 0 Å². The standard InChI is InChI=1S/C14H14N2O2/c15-14(18)12-2-1-9-16-13(12)8-5-10-3-6-11(17)7-4-10/h1-4,6-7,9,17H,5,8H2,(H2,15,18). The molecule has 0 aliphatic carbocycles. The van der Waals surface area contributed by atoms with Gasteiger partial charge in [-0.05, 0) is 42.7 Å². The number of phenols is 1. The van der Waals surface area contributed by atoms with Gasteiger partial charge in [0.05, 0.1) is 11.3 Å². The molecule has 0 bridgehead atoms. The maximum absolute atomic E-state index is 11.2. The summed E-state index contributed by atoms with van der Waals surface area (Å²) in [4.78, 5) is 15.4. The van der Waals surface area contributed by atoms with Gasteiger partial charge < -0.3 is 10.8 Å². The third-order valence-electron chi connectivity index (χ3n) is 2.74. The molecule has 1 heterocycles. The van der Waals surface area contributed by atoms with Crippen molar-refractivity contribution in [2.45, 2.75) is 12.8 Å². The molecule has 18 heavy (non-hydrogen) atoms. The molecule has 0 saturated heterocycles. The van der Waals surface area contributed by atoms with Crippen molar-refractivity contribution in [1.29, 1.82) is 0 Å². The van der Waals surface area contributed by atoms with Crippen LogP contribution in [0.3, 0.4) is 0 Å². The smallest absolute Gasteiger partial charge is 0.250 e. The number of carbonyl (C=O) groups is 1. The molecule has 0 fully saturated rings. The molecule has 0 saturated carbocycles. The third-order valence-corrected chi connectivity index (χ3v) is 2.74. The summed E-state index contributed by atoms with van der Waals surface area (Å²) in [6, 6.07) is 10.4. The first-order valence-electron chi connectivity index (χ1n) is 5.68. The van der Waals surface area contributed by atoms with Gasteiger partial charge in [0.2, 0.25) is 0 Å². The lowest BCUT2D eigenvalue weighted by atomic mass is 10.0. The van der Waals surface area contributed by atoms with E-state index in [-0.39, 0.29) is 5.75 Å². The van der Waals surface area contributed by atoms with E-state index in [1.54, 1.807) is 30.5 Å². The number of phenolic OH excluding ortho intramolecular Hbond substituents is 1. The van der Waals surface area contributed by atoms with E-state index in [0.29, 0.717) is 17.7 Å². The molecule has 4 heteroatoms. The molecule has 1 aromatic heterocycles. The van der Waals surface area contributed by atoms with E-state index in [9.17, 15) is 9.90 Å². The van der Waals surface area contributed by atoms with E-state index in [4.69, 9.17) is 5.73 Å². The molecule has 2 rings (SSSR count). The number of nitrogens with zero attached hydrogens (tertiary/aromatic N) is 1. The fraction of sp³-hybridized carbons (Fsp3) is 0.143. The van der Waals surface area contributed by atoms with E-state index in [1.807, 2.05) is 12.1 Å². The Morgan fingerprint density at radius 2 is 1.89 bits per heavy atom. The van der Waals surface area contributed by atoms with Gasteiger partial charge in [-0.3, -0.25) is 9.78 Å². The summed E-state index contributed by atoms with van der Waals surface area (Å²) in [5, 5.41) is 9.19. The van der Waals surface area contributed by atoms with Crippen molar-refractivity contribution < 1.29 is 9.90 Å². The second-order valence-corrected chi connectivity index (χ2v) is 4.03. The van der Waals surface area contributed by atoms with Crippen LogP contribution >= 0.6 is 0 Å². The fourth-order valence-corrected chi connectivity index (χ4v) is 1.79. The second kappa shape index (κ2) is 5.31. The molecule has 0 unspecified atom stereocenters. The van der Waals surface area contributed by atoms with E-state index >= 15 is 0 Å². The Balaban J connectivity index is 2.10. The summed E-state index contributed by atoms with van der Waals surface area (Å²) in [7, 11) is 0. The van der Waals surface area contributed by atoms with Crippen molar-refractivity contribution in [3.05, 3.63) is 59.4 Å². The Morgan fingerprint density at radius 1 is 1.17 bits per heavy atom. The number of pyridine rings is 1. The maximum Gasteiger partial charge on any atom is 0.250 e. The van der Waals surface area contributed by atoms with Crippen molar-refractivity contribution in [1.82, 2.24) is 4.98 Å². The Bertz CT molecular complexity index is 550. The first-order valence-corrected chi connectivity index (χ1v) is 5.68. The number of aromatic hydroxyl groups is 1. The van der Waals surface area contributed by atoms with Crippen LogP contribution < -0.4 is 5.73 Å². The van der Waals surface area contributed by atoms with Crippen molar-refractivity contribution in [2.24, 2.45) is 5.73 Å². The van der Waals surface area contributed by atoms with Crippen LogP contribution in [0, 0.1) is 0 Å². The van der Waals surface area contributed by atoms with Gasteiger partial charge in [0.1, 0.15) is 5.75 Å². The Kier molecular flexibility index (Phi) is 3.57. The second-order valence-electron chi connectivity index (χ2n) is 4.03. The summed E-state index contributed by atoms with van der Waals surface area (Å²) in [6.45, 7) is 0. The number of aromatic nitrogens is 1. The molecule has 1 aromatic carbocycles. The van der Waals surface area contributed by atoms with Gasteiger partial charge in [0.25, 0.3) is 5.91 Å². The Labute approximate surface area is 105 Å². The minimum absolute atomic E-state index is 0.245. The minimum Gasteiger partial charge on any atom is -0.508 e. The number of rotatable bonds is 4. The number of benzene rings is 1. The predicted molar refractivity (Wildman–Crippen MR) is 68.3 cm³/mol. The van der Waals surface area contributed by atoms with Gasteiger partial charge in [0.15, 0.2) is 0 Å². The van der Waals surface area contributed by atoms with Crippen LogP contribution in [0.25, 0.3) is 0 Å². The van der Waals surface area contributed by atoms with Gasteiger partial charge in [-0.1, -0.05) is 12.1 Å². The first kappa shape index (κ1) is 12.1. The van der Waals surface area contributed by atoms with Crippen LogP contribution in [0.15, 0.2) is 42.6 Å². The van der Waals surface area contributed by atoms with Crippen LogP contribution in [-0.2, 0) is 12.8 Å². The summed E-state index contributed by atoms with van der Waals surface area (Å²) < 4.78 is 0. The average Bonchev–Trinajstić information content (AvgIpc) is 2.38. The lowest BCUT2D eigenvalue weighted by Crippen LogP contribution is -2.15. The van der Waals surface area contributed by atoms with E-state index in [0.717, 1.165) is 12.0 Å². The van der Waals surface area contributed by atoms with Gasteiger partial charge in [-0.25, -0.2) is 0 Å². The van der Waals surface area contributed by atoms with Gasteiger partial charge >= 0.3 is 0 Å². The molecule has 4 nitrogen and oxygen atoms in total. The molecule has 0 radical (unpaired) electrons.